The molecule has 1 unspecified atom stereocenters. The quantitative estimate of drug-likeness (QED) is 0.832. The van der Waals surface area contributed by atoms with Gasteiger partial charge in [0.1, 0.15) is 11.9 Å². The molecule has 5 heteroatoms. The number of rotatable bonds is 4. The van der Waals surface area contributed by atoms with E-state index in [1.165, 1.54) is 18.2 Å². The highest BCUT2D eigenvalue weighted by Crippen LogP contribution is 2.24. The van der Waals surface area contributed by atoms with Crippen LogP contribution in [-0.4, -0.2) is 17.6 Å². The van der Waals surface area contributed by atoms with Crippen molar-refractivity contribution in [2.24, 2.45) is 0 Å². The first kappa shape index (κ1) is 12.7. The lowest BCUT2D eigenvalue weighted by molar-refractivity contribution is -0.139. The third-order valence-corrected chi connectivity index (χ3v) is 2.62. The highest BCUT2D eigenvalue weighted by atomic mass is 79.9. The number of carboxylic acids is 1. The van der Waals surface area contributed by atoms with Gasteiger partial charge in [0.05, 0.1) is 6.54 Å². The summed E-state index contributed by atoms with van der Waals surface area (Å²) in [7, 11) is 0. The predicted molar refractivity (Wildman–Crippen MR) is 61.3 cm³/mol. The van der Waals surface area contributed by atoms with Gasteiger partial charge in [0, 0.05) is 4.47 Å². The lowest BCUT2D eigenvalue weighted by Gasteiger charge is -2.14. The molecule has 0 heterocycles. The molecule has 0 spiro atoms. The first-order chi connectivity index (χ1) is 7.56. The Bertz CT molecular complexity index is 442. The van der Waals surface area contributed by atoms with E-state index >= 15 is 0 Å². The van der Waals surface area contributed by atoms with Gasteiger partial charge in [-0.15, -0.1) is 6.42 Å². The van der Waals surface area contributed by atoms with Gasteiger partial charge in [0.25, 0.3) is 0 Å². The first-order valence-electron chi connectivity index (χ1n) is 4.41. The molecule has 0 aliphatic carbocycles. The average molecular weight is 286 g/mol. The van der Waals surface area contributed by atoms with Crippen LogP contribution in [0.5, 0.6) is 0 Å². The third-order valence-electron chi connectivity index (χ3n) is 1.93. The summed E-state index contributed by atoms with van der Waals surface area (Å²) >= 11 is 3.11. The molecule has 84 valence electrons. The minimum atomic E-state index is -1.07. The monoisotopic (exact) mass is 285 g/mol. The molecule has 2 N–H and O–H groups in total. The zero-order valence-electron chi connectivity index (χ0n) is 8.21. The molecule has 0 amide bonds. The van der Waals surface area contributed by atoms with Gasteiger partial charge in [0.2, 0.25) is 0 Å². The van der Waals surface area contributed by atoms with Crippen molar-refractivity contribution in [2.45, 2.75) is 6.04 Å². The normalized spacial score (nSPS) is 11.8. The Morgan fingerprint density at radius 1 is 1.69 bits per heavy atom. The van der Waals surface area contributed by atoms with Crippen LogP contribution in [0.2, 0.25) is 0 Å². The lowest BCUT2D eigenvalue weighted by Crippen LogP contribution is -2.29. The van der Waals surface area contributed by atoms with Gasteiger partial charge >= 0.3 is 5.97 Å². The minimum Gasteiger partial charge on any atom is -0.480 e. The summed E-state index contributed by atoms with van der Waals surface area (Å²) in [5, 5.41) is 11.7. The van der Waals surface area contributed by atoms with Crippen LogP contribution in [0, 0.1) is 18.2 Å². The van der Waals surface area contributed by atoms with Crippen LogP contribution in [0.25, 0.3) is 0 Å². The summed E-state index contributed by atoms with van der Waals surface area (Å²) in [4.78, 5) is 11.0. The fourth-order valence-corrected chi connectivity index (χ4v) is 1.81. The van der Waals surface area contributed by atoms with Crippen LogP contribution in [0.1, 0.15) is 11.6 Å². The molecular weight excluding hydrogens is 277 g/mol. The maximum atomic E-state index is 12.8. The molecule has 0 fully saturated rings. The maximum absolute atomic E-state index is 12.8. The second-order valence-corrected chi connectivity index (χ2v) is 3.88. The lowest BCUT2D eigenvalue weighted by atomic mass is 10.1. The molecular formula is C11H9BrFNO2. The first-order valence-corrected chi connectivity index (χ1v) is 5.20. The van der Waals surface area contributed by atoms with E-state index in [4.69, 9.17) is 11.5 Å². The van der Waals surface area contributed by atoms with Gasteiger partial charge in [-0.05, 0) is 17.7 Å². The molecule has 0 saturated heterocycles. The zero-order chi connectivity index (χ0) is 12.1. The van der Waals surface area contributed by atoms with Gasteiger partial charge in [-0.3, -0.25) is 10.1 Å². The summed E-state index contributed by atoms with van der Waals surface area (Å²) in [6.45, 7) is 0.126. The maximum Gasteiger partial charge on any atom is 0.325 e. The number of hydrogen-bond acceptors (Lipinski definition) is 2. The SMILES string of the molecule is C#CCNC(C(=O)O)c1ccc(F)cc1Br. The molecule has 1 aromatic rings. The van der Waals surface area contributed by atoms with E-state index in [9.17, 15) is 9.18 Å². The van der Waals surface area contributed by atoms with E-state index in [1.807, 2.05) is 0 Å². The van der Waals surface area contributed by atoms with Crippen molar-refractivity contribution in [2.75, 3.05) is 6.54 Å². The number of aliphatic carboxylic acids is 1. The Morgan fingerprint density at radius 2 is 2.38 bits per heavy atom. The van der Waals surface area contributed by atoms with Crippen molar-refractivity contribution in [1.82, 2.24) is 5.32 Å². The van der Waals surface area contributed by atoms with E-state index < -0.39 is 17.8 Å². The van der Waals surface area contributed by atoms with E-state index in [0.29, 0.717) is 10.0 Å². The Labute approximate surface area is 101 Å². The molecule has 1 atom stereocenters. The van der Waals surface area contributed by atoms with Crippen LogP contribution >= 0.6 is 15.9 Å². The van der Waals surface area contributed by atoms with E-state index in [2.05, 4.69) is 27.2 Å². The number of hydrogen-bond donors (Lipinski definition) is 2. The van der Waals surface area contributed by atoms with Gasteiger partial charge in [-0.25, -0.2) is 4.39 Å². The Balaban J connectivity index is 3.02. The second-order valence-electron chi connectivity index (χ2n) is 3.02. The smallest absolute Gasteiger partial charge is 0.325 e. The molecule has 0 aliphatic heterocycles. The van der Waals surface area contributed by atoms with Crippen molar-refractivity contribution in [1.29, 1.82) is 0 Å². The summed E-state index contributed by atoms with van der Waals surface area (Å²) < 4.78 is 13.2. The molecule has 1 rings (SSSR count). The number of terminal acetylenes is 1. The van der Waals surface area contributed by atoms with Crippen molar-refractivity contribution >= 4 is 21.9 Å². The fourth-order valence-electron chi connectivity index (χ4n) is 1.23. The molecule has 0 aliphatic rings. The van der Waals surface area contributed by atoms with E-state index in [0.717, 1.165) is 0 Å². The van der Waals surface area contributed by atoms with Gasteiger partial charge in [0.15, 0.2) is 0 Å². The molecule has 0 bridgehead atoms. The van der Waals surface area contributed by atoms with Crippen LogP contribution < -0.4 is 5.32 Å². The van der Waals surface area contributed by atoms with Crippen molar-refractivity contribution in [3.8, 4) is 12.3 Å². The van der Waals surface area contributed by atoms with Crippen molar-refractivity contribution < 1.29 is 14.3 Å². The van der Waals surface area contributed by atoms with Gasteiger partial charge in [-0.1, -0.05) is 27.9 Å². The topological polar surface area (TPSA) is 49.3 Å². The fraction of sp³-hybridized carbons (Fsp3) is 0.182. The van der Waals surface area contributed by atoms with Gasteiger partial charge in [-0.2, -0.15) is 0 Å². The van der Waals surface area contributed by atoms with Gasteiger partial charge < -0.3 is 5.11 Å². The molecule has 16 heavy (non-hydrogen) atoms. The van der Waals surface area contributed by atoms with Crippen LogP contribution in [0.4, 0.5) is 4.39 Å². The molecule has 0 radical (unpaired) electrons. The average Bonchev–Trinajstić information content (AvgIpc) is 2.20. The molecule has 0 aromatic heterocycles. The summed E-state index contributed by atoms with van der Waals surface area (Å²) in [6.07, 6.45) is 5.04. The van der Waals surface area contributed by atoms with Crippen LogP contribution in [-0.2, 0) is 4.79 Å². The second kappa shape index (κ2) is 5.64. The molecule has 1 aromatic carbocycles. The highest BCUT2D eigenvalue weighted by Gasteiger charge is 2.21. The number of nitrogens with one attached hydrogen (secondary N) is 1. The largest absolute Gasteiger partial charge is 0.480 e. The van der Waals surface area contributed by atoms with Crippen LogP contribution in [0.15, 0.2) is 22.7 Å². The third kappa shape index (κ3) is 3.05. The summed E-state index contributed by atoms with van der Waals surface area (Å²) in [5.74, 6) is 0.789. The van der Waals surface area contributed by atoms with Crippen LogP contribution in [0.3, 0.4) is 0 Å². The molecule has 0 saturated carbocycles. The number of benzene rings is 1. The Kier molecular flexibility index (Phi) is 4.47. The van der Waals surface area contributed by atoms with Crippen molar-refractivity contribution in [3.63, 3.8) is 0 Å². The van der Waals surface area contributed by atoms with E-state index in [-0.39, 0.29) is 6.54 Å². The number of halogens is 2. The predicted octanol–water partition coefficient (Wildman–Crippen LogP) is 1.94. The zero-order valence-corrected chi connectivity index (χ0v) is 9.79. The minimum absolute atomic E-state index is 0.126. The molecule has 3 nitrogen and oxygen atoms in total. The standard InChI is InChI=1S/C11H9BrFNO2/c1-2-5-14-10(11(15)16)8-4-3-7(13)6-9(8)12/h1,3-4,6,10,14H,5H2,(H,15,16). The highest BCUT2D eigenvalue weighted by molar-refractivity contribution is 9.10. The summed E-state index contributed by atoms with van der Waals surface area (Å²) in [6, 6.07) is 2.86. The number of carbonyl (C=O) groups is 1. The van der Waals surface area contributed by atoms with E-state index in [1.54, 1.807) is 0 Å². The Morgan fingerprint density at radius 3 is 2.88 bits per heavy atom. The van der Waals surface area contributed by atoms with Crippen molar-refractivity contribution in [3.05, 3.63) is 34.1 Å². The summed E-state index contributed by atoms with van der Waals surface area (Å²) in [5.41, 5.74) is 0.434. The Hall–Kier alpha value is -1.38. The number of carboxylic acid groups (broad SMARTS) is 1.